The lowest BCUT2D eigenvalue weighted by molar-refractivity contribution is 0.0947. The van der Waals surface area contributed by atoms with Crippen molar-refractivity contribution in [3.63, 3.8) is 0 Å². The van der Waals surface area contributed by atoms with Crippen LogP contribution in [0.15, 0.2) is 130 Å². The molecule has 0 fully saturated rings. The molecule has 4 heteroatoms. The van der Waals surface area contributed by atoms with E-state index in [-0.39, 0.29) is 0 Å². The highest BCUT2D eigenvalue weighted by Crippen LogP contribution is 2.37. The first-order chi connectivity index (χ1) is 16.7. The Hall–Kier alpha value is -3.86. The van der Waals surface area contributed by atoms with Gasteiger partial charge in [0.1, 0.15) is 17.3 Å². The predicted molar refractivity (Wildman–Crippen MR) is 132 cm³/mol. The van der Waals surface area contributed by atoms with Crippen LogP contribution in [0.5, 0.6) is 0 Å². The van der Waals surface area contributed by atoms with Crippen LogP contribution in [0.1, 0.15) is 34.0 Å². The lowest BCUT2D eigenvalue weighted by Crippen LogP contribution is -2.28. The summed E-state index contributed by atoms with van der Waals surface area (Å²) >= 11 is 0. The third kappa shape index (κ3) is 4.74. The molecule has 170 valence electrons. The van der Waals surface area contributed by atoms with Gasteiger partial charge in [-0.15, -0.1) is 0 Å². The number of aliphatic hydroxyl groups is 1. The molecule has 0 atom stereocenters. The molecule has 0 saturated carbocycles. The van der Waals surface area contributed by atoms with Gasteiger partial charge in [-0.1, -0.05) is 91.0 Å². The van der Waals surface area contributed by atoms with E-state index in [9.17, 15) is 5.11 Å². The Bertz CT molecular complexity index is 1240. The van der Waals surface area contributed by atoms with E-state index >= 15 is 0 Å². The third-order valence-corrected chi connectivity index (χ3v) is 5.99. The van der Waals surface area contributed by atoms with E-state index in [2.05, 4.69) is 17.0 Å². The summed E-state index contributed by atoms with van der Waals surface area (Å²) in [7, 11) is 0. The Morgan fingerprint density at radius 3 is 1.76 bits per heavy atom. The molecule has 5 rings (SSSR count). The van der Waals surface area contributed by atoms with Gasteiger partial charge in [-0.2, -0.15) is 0 Å². The quantitative estimate of drug-likeness (QED) is 0.284. The largest absolute Gasteiger partial charge is 0.468 e. The topological polar surface area (TPSA) is 49.8 Å². The predicted octanol–water partition coefficient (Wildman–Crippen LogP) is 6.36. The average molecular weight is 450 g/mol. The fourth-order valence-electron chi connectivity index (χ4n) is 4.32. The van der Waals surface area contributed by atoms with Gasteiger partial charge >= 0.3 is 0 Å². The molecule has 0 aliphatic heterocycles. The second-order valence-electron chi connectivity index (χ2n) is 8.42. The van der Waals surface area contributed by atoms with Gasteiger partial charge in [-0.05, 0) is 41.0 Å². The Kier molecular flexibility index (Phi) is 6.43. The van der Waals surface area contributed by atoms with Crippen LogP contribution in [0, 0.1) is 0 Å². The van der Waals surface area contributed by atoms with Gasteiger partial charge in [0, 0.05) is 6.54 Å². The molecular formula is C30H27NO3. The molecule has 2 heterocycles. The summed E-state index contributed by atoms with van der Waals surface area (Å²) in [6.07, 6.45) is 1.70. The van der Waals surface area contributed by atoms with Gasteiger partial charge in [-0.25, -0.2) is 0 Å². The molecular weight excluding hydrogens is 422 g/mol. The Morgan fingerprint density at radius 1 is 0.588 bits per heavy atom. The van der Waals surface area contributed by atoms with Crippen LogP contribution in [0.3, 0.4) is 0 Å². The Balaban J connectivity index is 1.45. The van der Waals surface area contributed by atoms with Gasteiger partial charge in [0.25, 0.3) is 0 Å². The second kappa shape index (κ2) is 9.96. The van der Waals surface area contributed by atoms with E-state index in [0.717, 1.165) is 29.2 Å². The molecule has 4 nitrogen and oxygen atoms in total. The molecule has 0 radical (unpaired) electrons. The molecule has 5 aromatic rings. The summed E-state index contributed by atoms with van der Waals surface area (Å²) in [5.41, 5.74) is 1.36. The molecule has 1 N–H and O–H groups in total. The van der Waals surface area contributed by atoms with Crippen LogP contribution < -0.4 is 0 Å². The highest BCUT2D eigenvalue weighted by atomic mass is 16.4. The van der Waals surface area contributed by atoms with Crippen molar-refractivity contribution in [2.45, 2.75) is 25.2 Å². The average Bonchev–Trinajstić information content (AvgIpc) is 3.58. The third-order valence-electron chi connectivity index (χ3n) is 5.99. The summed E-state index contributed by atoms with van der Waals surface area (Å²) in [5, 5.41) is 12.0. The summed E-state index contributed by atoms with van der Waals surface area (Å²) in [4.78, 5) is 2.26. The highest BCUT2D eigenvalue weighted by molar-refractivity contribution is 5.43. The normalized spacial score (nSPS) is 11.7. The van der Waals surface area contributed by atoms with E-state index in [1.807, 2.05) is 103 Å². The first-order valence-corrected chi connectivity index (χ1v) is 11.4. The first kappa shape index (κ1) is 22.0. The maximum atomic E-state index is 12.0. The highest BCUT2D eigenvalue weighted by Gasteiger charge is 2.37. The lowest BCUT2D eigenvalue weighted by Gasteiger charge is -2.27. The van der Waals surface area contributed by atoms with Crippen molar-refractivity contribution in [3.05, 3.63) is 155 Å². The zero-order chi connectivity index (χ0) is 23.2. The first-order valence-electron chi connectivity index (χ1n) is 11.4. The molecule has 34 heavy (non-hydrogen) atoms. The second-order valence-corrected chi connectivity index (χ2v) is 8.42. The van der Waals surface area contributed by atoms with E-state index in [4.69, 9.17) is 8.83 Å². The monoisotopic (exact) mass is 449 g/mol. The van der Waals surface area contributed by atoms with Crippen molar-refractivity contribution >= 4 is 0 Å². The minimum Gasteiger partial charge on any atom is -0.468 e. The molecule has 0 unspecified atom stereocenters. The van der Waals surface area contributed by atoms with Crippen molar-refractivity contribution in [1.29, 1.82) is 0 Å². The van der Waals surface area contributed by atoms with Crippen molar-refractivity contribution in [1.82, 2.24) is 4.90 Å². The van der Waals surface area contributed by atoms with Crippen LogP contribution in [-0.2, 0) is 25.2 Å². The van der Waals surface area contributed by atoms with Crippen molar-refractivity contribution < 1.29 is 13.9 Å². The molecule has 0 aliphatic carbocycles. The van der Waals surface area contributed by atoms with E-state index < -0.39 is 5.60 Å². The Morgan fingerprint density at radius 2 is 1.18 bits per heavy atom. The maximum absolute atomic E-state index is 12.0. The van der Waals surface area contributed by atoms with Gasteiger partial charge in [-0.3, -0.25) is 4.90 Å². The summed E-state index contributed by atoms with van der Waals surface area (Å²) in [6, 6.07) is 37.4. The molecule has 0 aliphatic rings. The number of rotatable bonds is 9. The van der Waals surface area contributed by atoms with E-state index in [0.29, 0.717) is 18.8 Å². The summed E-state index contributed by atoms with van der Waals surface area (Å²) < 4.78 is 11.9. The maximum Gasteiger partial charge on any atom is 0.173 e. The minimum absolute atomic E-state index is 0.498. The fraction of sp³-hybridized carbons (Fsp3) is 0.133. The zero-order valence-corrected chi connectivity index (χ0v) is 18.9. The van der Waals surface area contributed by atoms with E-state index in [1.165, 1.54) is 5.56 Å². The molecule has 0 bridgehead atoms. The SMILES string of the molecule is OC(c1ccccc1)(c1ccccc1)c1ccc(CN(Cc2ccccc2)Cc2ccco2)o1. The number of hydrogen-bond donors (Lipinski definition) is 1. The van der Waals surface area contributed by atoms with Gasteiger partial charge in [0.05, 0.1) is 19.4 Å². The standard InChI is InChI=1S/C30H27NO3/c32-30(25-13-6-2-7-14-25,26-15-8-3-9-16-26)29-19-18-28(34-29)23-31(22-27-17-10-20-33-27)21-24-11-4-1-5-12-24/h1-20,32H,21-23H2. The van der Waals surface area contributed by atoms with Gasteiger partial charge < -0.3 is 13.9 Å². The van der Waals surface area contributed by atoms with Crippen LogP contribution in [0.2, 0.25) is 0 Å². The number of benzene rings is 3. The molecule has 0 saturated heterocycles. The smallest absolute Gasteiger partial charge is 0.173 e. The number of furan rings is 2. The summed E-state index contributed by atoms with van der Waals surface area (Å²) in [6.45, 7) is 1.98. The lowest BCUT2D eigenvalue weighted by atomic mass is 9.84. The number of hydrogen-bond acceptors (Lipinski definition) is 4. The molecule has 3 aromatic carbocycles. The van der Waals surface area contributed by atoms with Crippen molar-refractivity contribution in [2.75, 3.05) is 0 Å². The number of nitrogens with zero attached hydrogens (tertiary/aromatic N) is 1. The van der Waals surface area contributed by atoms with Crippen molar-refractivity contribution in [2.24, 2.45) is 0 Å². The Labute approximate surface area is 199 Å². The fourth-order valence-corrected chi connectivity index (χ4v) is 4.32. The van der Waals surface area contributed by atoms with Crippen LogP contribution >= 0.6 is 0 Å². The molecule has 2 aromatic heterocycles. The molecule has 0 amide bonds. The molecule has 0 spiro atoms. The van der Waals surface area contributed by atoms with Crippen LogP contribution in [0.25, 0.3) is 0 Å². The minimum atomic E-state index is -1.38. The zero-order valence-electron chi connectivity index (χ0n) is 18.9. The van der Waals surface area contributed by atoms with Gasteiger partial charge in [0.15, 0.2) is 5.60 Å². The van der Waals surface area contributed by atoms with Crippen LogP contribution in [0.4, 0.5) is 0 Å². The van der Waals surface area contributed by atoms with Gasteiger partial charge in [0.2, 0.25) is 0 Å². The van der Waals surface area contributed by atoms with Crippen LogP contribution in [-0.4, -0.2) is 10.0 Å². The van der Waals surface area contributed by atoms with E-state index in [1.54, 1.807) is 6.26 Å². The summed E-state index contributed by atoms with van der Waals surface area (Å²) in [5.74, 6) is 2.17. The van der Waals surface area contributed by atoms with Crippen molar-refractivity contribution in [3.8, 4) is 0 Å².